The van der Waals surface area contributed by atoms with Gasteiger partial charge in [-0.3, -0.25) is 0 Å². The number of benzene rings is 1. The van der Waals surface area contributed by atoms with Crippen molar-refractivity contribution in [3.8, 4) is 11.3 Å². The van der Waals surface area contributed by atoms with Crippen molar-refractivity contribution < 1.29 is 22.9 Å². The van der Waals surface area contributed by atoms with Crippen molar-refractivity contribution in [3.63, 3.8) is 0 Å². The monoisotopic (exact) mass is 290 g/mol. The highest BCUT2D eigenvalue weighted by Crippen LogP contribution is 2.39. The zero-order chi connectivity index (χ0) is 14.0. The molecule has 0 spiro atoms. The summed E-state index contributed by atoms with van der Waals surface area (Å²) in [6.07, 6.45) is -4.74. The van der Waals surface area contributed by atoms with Gasteiger partial charge in [0.2, 0.25) is 0 Å². The fourth-order valence-corrected chi connectivity index (χ4v) is 1.66. The van der Waals surface area contributed by atoms with Crippen LogP contribution in [0, 0.1) is 0 Å². The van der Waals surface area contributed by atoms with Crippen LogP contribution in [0.25, 0.3) is 11.3 Å². The maximum Gasteiger partial charge on any atom is 0.422 e. The number of hydrogen-bond donors (Lipinski definition) is 1. The molecule has 2 aromatic rings. The first kappa shape index (κ1) is 13.4. The highest BCUT2D eigenvalue weighted by Gasteiger charge is 2.42. The second-order valence-corrected chi connectivity index (χ2v) is 3.85. The Morgan fingerprint density at radius 3 is 2.42 bits per heavy atom. The molecule has 1 N–H and O–H groups in total. The maximum absolute atomic E-state index is 13.0. The predicted octanol–water partition coefficient (Wildman–Crippen LogP) is 3.74. The topological polar surface area (TPSA) is 58.6 Å². The van der Waals surface area contributed by atoms with Gasteiger partial charge in [0.25, 0.3) is 0 Å². The van der Waals surface area contributed by atoms with E-state index in [-0.39, 0.29) is 5.56 Å². The number of aromatic nitrogens is 1. The van der Waals surface area contributed by atoms with Crippen LogP contribution < -0.4 is 0 Å². The van der Waals surface area contributed by atoms with E-state index in [9.17, 15) is 13.2 Å². The van der Waals surface area contributed by atoms with E-state index in [0.29, 0.717) is 0 Å². The number of nitrogens with zero attached hydrogens (tertiary/aromatic N) is 2. The van der Waals surface area contributed by atoms with Crippen LogP contribution in [-0.4, -0.2) is 15.5 Å². The van der Waals surface area contributed by atoms with Crippen molar-refractivity contribution in [2.75, 3.05) is 0 Å². The third-order valence-corrected chi connectivity index (χ3v) is 2.55. The zero-order valence-electron chi connectivity index (χ0n) is 9.15. The average molecular weight is 291 g/mol. The van der Waals surface area contributed by atoms with Gasteiger partial charge in [-0.05, 0) is 0 Å². The number of alkyl halides is 3. The second kappa shape index (κ2) is 4.93. The Bertz CT molecular complexity index is 608. The molecular formula is C11H6ClF3N2O2. The van der Waals surface area contributed by atoms with Crippen LogP contribution >= 0.6 is 11.6 Å². The van der Waals surface area contributed by atoms with Crippen LogP contribution in [0.15, 0.2) is 40.0 Å². The fraction of sp³-hybridized carbons (Fsp3) is 0.0909. The molecule has 0 atom stereocenters. The summed E-state index contributed by atoms with van der Waals surface area (Å²) in [5, 5.41) is 13.4. The molecule has 0 aliphatic rings. The minimum atomic E-state index is -4.74. The third-order valence-electron chi connectivity index (χ3n) is 2.29. The molecule has 8 heteroatoms. The van der Waals surface area contributed by atoms with E-state index in [2.05, 4.69) is 14.8 Å². The Balaban J connectivity index is 2.67. The lowest BCUT2D eigenvalue weighted by Gasteiger charge is -2.07. The summed E-state index contributed by atoms with van der Waals surface area (Å²) in [4.78, 5) is 0. The van der Waals surface area contributed by atoms with Crippen LogP contribution in [0.4, 0.5) is 13.2 Å². The summed E-state index contributed by atoms with van der Waals surface area (Å²) in [7, 11) is 0. The van der Waals surface area contributed by atoms with E-state index in [1.54, 1.807) is 18.2 Å². The Hall–Kier alpha value is -2.02. The van der Waals surface area contributed by atoms with Crippen molar-refractivity contribution in [1.29, 1.82) is 0 Å². The van der Waals surface area contributed by atoms with E-state index < -0.39 is 28.4 Å². The number of oxime groups is 1. The first-order valence-electron chi connectivity index (χ1n) is 4.95. The molecule has 0 aliphatic heterocycles. The molecule has 0 radical (unpaired) electrons. The van der Waals surface area contributed by atoms with Gasteiger partial charge in [0.05, 0.1) is 0 Å². The molecule has 1 aromatic heterocycles. The Labute approximate surface area is 110 Å². The summed E-state index contributed by atoms with van der Waals surface area (Å²) in [5.41, 5.74) is -1.74. The average Bonchev–Trinajstić information content (AvgIpc) is 2.83. The minimum Gasteiger partial charge on any atom is -0.410 e. The predicted molar refractivity (Wildman–Crippen MR) is 61.1 cm³/mol. The van der Waals surface area contributed by atoms with E-state index in [0.717, 1.165) is 0 Å². The first-order chi connectivity index (χ1) is 8.95. The number of hydrogen-bond acceptors (Lipinski definition) is 4. The largest absolute Gasteiger partial charge is 0.422 e. The van der Waals surface area contributed by atoms with E-state index in [4.69, 9.17) is 16.8 Å². The highest BCUT2D eigenvalue weighted by atomic mass is 35.5. The molecule has 1 aromatic carbocycles. The van der Waals surface area contributed by atoms with Crippen molar-refractivity contribution in [3.05, 3.63) is 41.6 Å². The van der Waals surface area contributed by atoms with Gasteiger partial charge in [0.1, 0.15) is 5.56 Å². The summed E-state index contributed by atoms with van der Waals surface area (Å²) < 4.78 is 43.8. The molecule has 2 rings (SSSR count). The van der Waals surface area contributed by atoms with Gasteiger partial charge in [0.15, 0.2) is 16.6 Å². The lowest BCUT2D eigenvalue weighted by atomic mass is 10.1. The van der Waals surface area contributed by atoms with Gasteiger partial charge in [-0.2, -0.15) is 13.2 Å². The minimum absolute atomic E-state index is 0.191. The summed E-state index contributed by atoms with van der Waals surface area (Å²) >= 11 is 5.38. The van der Waals surface area contributed by atoms with E-state index >= 15 is 0 Å². The van der Waals surface area contributed by atoms with Gasteiger partial charge < -0.3 is 9.73 Å². The third kappa shape index (κ3) is 2.55. The number of halogens is 4. The SMILES string of the molecule is ON=C(Cl)c1noc(-c2ccccc2)c1C(F)(F)F. The molecule has 1 heterocycles. The fourth-order valence-electron chi connectivity index (χ4n) is 1.53. The quantitative estimate of drug-likeness (QED) is 0.521. The number of rotatable bonds is 2. The van der Waals surface area contributed by atoms with Gasteiger partial charge in [-0.15, -0.1) is 0 Å². The van der Waals surface area contributed by atoms with E-state index in [1.807, 2.05) is 0 Å². The van der Waals surface area contributed by atoms with Crippen LogP contribution in [0.1, 0.15) is 11.3 Å². The van der Waals surface area contributed by atoms with Crippen LogP contribution in [-0.2, 0) is 6.18 Å². The molecule has 0 aliphatic carbocycles. The highest BCUT2D eigenvalue weighted by molar-refractivity contribution is 6.69. The summed E-state index contributed by atoms with van der Waals surface area (Å²) in [6, 6.07) is 7.63. The Morgan fingerprint density at radius 1 is 1.26 bits per heavy atom. The lowest BCUT2D eigenvalue weighted by Crippen LogP contribution is -2.11. The molecule has 0 bridgehead atoms. The second-order valence-electron chi connectivity index (χ2n) is 3.49. The molecule has 0 unspecified atom stereocenters. The van der Waals surface area contributed by atoms with Gasteiger partial charge in [-0.25, -0.2) is 0 Å². The van der Waals surface area contributed by atoms with Crippen molar-refractivity contribution in [2.45, 2.75) is 6.18 Å². The standard InChI is InChI=1S/C11H6ClF3N2O2/c12-10(16-18)8-7(11(13,14)15)9(19-17-8)6-4-2-1-3-5-6/h1-5,18H. The van der Waals surface area contributed by atoms with Gasteiger partial charge in [0, 0.05) is 5.56 Å². The molecule has 4 nitrogen and oxygen atoms in total. The molecule has 100 valence electrons. The Kier molecular flexibility index (Phi) is 3.48. The molecule has 19 heavy (non-hydrogen) atoms. The molecular weight excluding hydrogens is 285 g/mol. The van der Waals surface area contributed by atoms with Crippen molar-refractivity contribution in [1.82, 2.24) is 5.16 Å². The van der Waals surface area contributed by atoms with Crippen molar-refractivity contribution in [2.24, 2.45) is 5.16 Å². The molecule has 0 fully saturated rings. The normalized spacial score (nSPS) is 12.7. The molecule has 0 saturated carbocycles. The Morgan fingerprint density at radius 2 is 1.89 bits per heavy atom. The van der Waals surface area contributed by atoms with Gasteiger partial charge >= 0.3 is 6.18 Å². The molecule has 0 amide bonds. The maximum atomic E-state index is 13.0. The summed E-state index contributed by atoms with van der Waals surface area (Å²) in [6.45, 7) is 0. The first-order valence-corrected chi connectivity index (χ1v) is 5.33. The smallest absolute Gasteiger partial charge is 0.410 e. The van der Waals surface area contributed by atoms with Crippen LogP contribution in [0.2, 0.25) is 0 Å². The summed E-state index contributed by atoms with van der Waals surface area (Å²) in [5.74, 6) is -0.482. The van der Waals surface area contributed by atoms with Gasteiger partial charge in [-0.1, -0.05) is 52.2 Å². The van der Waals surface area contributed by atoms with Crippen LogP contribution in [0.5, 0.6) is 0 Å². The van der Waals surface area contributed by atoms with Crippen LogP contribution in [0.3, 0.4) is 0 Å². The molecule has 0 saturated heterocycles. The van der Waals surface area contributed by atoms with Crippen molar-refractivity contribution >= 4 is 16.8 Å². The zero-order valence-corrected chi connectivity index (χ0v) is 9.90. The lowest BCUT2D eigenvalue weighted by molar-refractivity contribution is -0.137. The van der Waals surface area contributed by atoms with E-state index in [1.165, 1.54) is 12.1 Å².